The fourth-order valence-electron chi connectivity index (χ4n) is 0.915. The Balaban J connectivity index is 2.62. The van der Waals surface area contributed by atoms with Gasteiger partial charge in [-0.25, -0.2) is 0 Å². The van der Waals surface area contributed by atoms with Crippen molar-refractivity contribution in [2.45, 2.75) is 0 Å². The van der Waals surface area contributed by atoms with Crippen molar-refractivity contribution < 1.29 is 19.2 Å². The number of aromatic nitrogens is 1. The van der Waals surface area contributed by atoms with Crippen LogP contribution in [-0.2, 0) is 14.4 Å². The Morgan fingerprint density at radius 2 is 2.33 bits per heavy atom. The van der Waals surface area contributed by atoms with Crippen LogP contribution in [0, 0.1) is 0 Å². The van der Waals surface area contributed by atoms with E-state index in [4.69, 9.17) is 0 Å². The minimum Gasteiger partial charge on any atom is -0.341 e. The molecule has 6 nitrogen and oxygen atoms in total. The van der Waals surface area contributed by atoms with E-state index in [1.807, 2.05) is 0 Å². The summed E-state index contributed by atoms with van der Waals surface area (Å²) in [6.07, 6.45) is 3.14. The highest BCUT2D eigenvalue weighted by atomic mass is 16.7. The highest BCUT2D eigenvalue weighted by Gasteiger charge is 2.11. The molecule has 0 radical (unpaired) electrons. The molecule has 0 N–H and O–H groups in total. The van der Waals surface area contributed by atoms with Gasteiger partial charge in [0, 0.05) is 18.0 Å². The third-order valence-electron chi connectivity index (χ3n) is 1.58. The van der Waals surface area contributed by atoms with E-state index in [-0.39, 0.29) is 25.2 Å². The maximum absolute atomic E-state index is 11.5. The summed E-state index contributed by atoms with van der Waals surface area (Å²) < 4.78 is 0. The number of carbonyl (C=O) groups is 3. The molecule has 0 aromatic carbocycles. The summed E-state index contributed by atoms with van der Waals surface area (Å²) in [5.74, 6) is -0.364. The molecule has 1 heterocycles. The number of hydroxylamine groups is 2. The molecule has 0 aliphatic carbocycles. The summed E-state index contributed by atoms with van der Waals surface area (Å²) in [7, 11) is 0. The van der Waals surface area contributed by atoms with Crippen LogP contribution < -0.4 is 0 Å². The van der Waals surface area contributed by atoms with Crippen molar-refractivity contribution in [1.82, 2.24) is 10.0 Å². The zero-order chi connectivity index (χ0) is 11.1. The zero-order valence-corrected chi connectivity index (χ0v) is 7.70. The van der Waals surface area contributed by atoms with Crippen molar-refractivity contribution in [1.29, 1.82) is 0 Å². The Kier molecular flexibility index (Phi) is 3.96. The smallest absolute Gasteiger partial charge is 0.320 e. The van der Waals surface area contributed by atoms with Crippen LogP contribution in [0.1, 0.15) is 10.4 Å². The fourth-order valence-corrected chi connectivity index (χ4v) is 0.915. The molecule has 0 saturated carbocycles. The molecular weight excluding hydrogens is 200 g/mol. The Labute approximate surface area is 85.4 Å². The van der Waals surface area contributed by atoms with Crippen molar-refractivity contribution in [2.24, 2.45) is 0 Å². The number of amides is 1. The topological polar surface area (TPSA) is 76.6 Å². The van der Waals surface area contributed by atoms with Crippen LogP contribution in [0.25, 0.3) is 0 Å². The lowest BCUT2D eigenvalue weighted by Crippen LogP contribution is -2.28. The quantitative estimate of drug-likeness (QED) is 0.368. The Hall–Kier alpha value is -2.24. The van der Waals surface area contributed by atoms with Gasteiger partial charge in [0.15, 0.2) is 5.78 Å². The third-order valence-corrected chi connectivity index (χ3v) is 1.58. The number of pyridine rings is 1. The molecule has 0 aliphatic rings. The van der Waals surface area contributed by atoms with Crippen molar-refractivity contribution in [3.63, 3.8) is 0 Å². The van der Waals surface area contributed by atoms with E-state index < -0.39 is 0 Å². The predicted octanol–water partition coefficient (Wildman–Crippen LogP) is -0.189. The molecule has 15 heavy (non-hydrogen) atoms. The zero-order valence-electron chi connectivity index (χ0n) is 7.70. The Morgan fingerprint density at radius 3 is 2.87 bits per heavy atom. The monoisotopic (exact) mass is 208 g/mol. The van der Waals surface area contributed by atoms with Gasteiger partial charge >= 0.3 is 6.47 Å². The maximum atomic E-state index is 11.5. The van der Waals surface area contributed by atoms with Crippen LogP contribution in [0.5, 0.6) is 0 Å². The maximum Gasteiger partial charge on any atom is 0.320 e. The molecule has 0 bridgehead atoms. The lowest BCUT2D eigenvalue weighted by Gasteiger charge is -2.11. The molecule has 1 aromatic rings. The normalized spacial score (nSPS) is 9.07. The Bertz CT molecular complexity index is 352. The van der Waals surface area contributed by atoms with Crippen LogP contribution in [0.15, 0.2) is 24.5 Å². The minimum absolute atomic E-state index is 0.0743. The summed E-state index contributed by atoms with van der Waals surface area (Å²) in [5.41, 5.74) is 0.346. The van der Waals surface area contributed by atoms with E-state index >= 15 is 0 Å². The van der Waals surface area contributed by atoms with Crippen LogP contribution in [0.3, 0.4) is 0 Å². The molecule has 78 valence electrons. The first-order chi connectivity index (χ1) is 7.27. The van der Waals surface area contributed by atoms with E-state index in [1.54, 1.807) is 12.1 Å². The molecule has 0 saturated heterocycles. The van der Waals surface area contributed by atoms with Gasteiger partial charge in [0.2, 0.25) is 6.41 Å². The van der Waals surface area contributed by atoms with Gasteiger partial charge in [0.05, 0.1) is 0 Å². The van der Waals surface area contributed by atoms with E-state index in [1.165, 1.54) is 12.4 Å². The SMILES string of the molecule is O=CON(C=O)CC(=O)c1cccnc1. The van der Waals surface area contributed by atoms with Crippen molar-refractivity contribution >= 4 is 18.7 Å². The van der Waals surface area contributed by atoms with Gasteiger partial charge in [-0.3, -0.25) is 19.4 Å². The molecule has 0 unspecified atom stereocenters. The number of hydrogen-bond donors (Lipinski definition) is 0. The van der Waals surface area contributed by atoms with Gasteiger partial charge < -0.3 is 4.84 Å². The largest absolute Gasteiger partial charge is 0.341 e. The first-order valence-corrected chi connectivity index (χ1v) is 4.03. The molecule has 0 fully saturated rings. The summed E-state index contributed by atoms with van der Waals surface area (Å²) in [5, 5.41) is 0.600. The Morgan fingerprint density at radius 1 is 1.53 bits per heavy atom. The van der Waals surface area contributed by atoms with Crippen LogP contribution in [-0.4, -0.2) is 35.3 Å². The van der Waals surface area contributed by atoms with Crippen molar-refractivity contribution in [3.05, 3.63) is 30.1 Å². The van der Waals surface area contributed by atoms with E-state index in [0.717, 1.165) is 0 Å². The average Bonchev–Trinajstić information content (AvgIpc) is 2.29. The van der Waals surface area contributed by atoms with Crippen LogP contribution >= 0.6 is 0 Å². The minimum atomic E-state index is -0.364. The molecular formula is C9H8N2O4. The number of carbonyl (C=O) groups excluding carboxylic acids is 3. The number of ketones is 1. The van der Waals surface area contributed by atoms with Gasteiger partial charge in [-0.1, -0.05) is 0 Å². The molecule has 0 spiro atoms. The number of nitrogens with zero attached hydrogens (tertiary/aromatic N) is 2. The highest BCUT2D eigenvalue weighted by Crippen LogP contribution is 1.98. The standard InChI is InChI=1S/C9H8N2O4/c12-6-11(15-7-13)5-9(14)8-2-1-3-10-4-8/h1-4,6-7H,5H2. The van der Waals surface area contributed by atoms with Gasteiger partial charge in [0.25, 0.3) is 0 Å². The molecule has 1 amide bonds. The lowest BCUT2D eigenvalue weighted by molar-refractivity contribution is -0.175. The second-order valence-electron chi connectivity index (χ2n) is 2.55. The number of Topliss-reactive ketones (excluding diaryl/α,β-unsaturated/α-hetero) is 1. The summed E-state index contributed by atoms with van der Waals surface area (Å²) >= 11 is 0. The van der Waals surface area contributed by atoms with Crippen LogP contribution in [0.2, 0.25) is 0 Å². The fraction of sp³-hybridized carbons (Fsp3) is 0.111. The van der Waals surface area contributed by atoms with Crippen LogP contribution in [0.4, 0.5) is 0 Å². The van der Waals surface area contributed by atoms with Gasteiger partial charge in [-0.2, -0.15) is 5.06 Å². The first-order valence-electron chi connectivity index (χ1n) is 4.03. The molecule has 6 heteroatoms. The number of hydrogen-bond acceptors (Lipinski definition) is 5. The molecule has 1 rings (SSSR count). The van der Waals surface area contributed by atoms with Gasteiger partial charge in [0.1, 0.15) is 6.54 Å². The number of rotatable bonds is 6. The van der Waals surface area contributed by atoms with E-state index in [0.29, 0.717) is 10.6 Å². The summed E-state index contributed by atoms with van der Waals surface area (Å²) in [6.45, 7) is -0.251. The highest BCUT2D eigenvalue weighted by molar-refractivity contribution is 5.97. The second kappa shape index (κ2) is 5.48. The van der Waals surface area contributed by atoms with Crippen molar-refractivity contribution in [2.75, 3.05) is 6.54 Å². The van der Waals surface area contributed by atoms with Gasteiger partial charge in [-0.15, -0.1) is 0 Å². The van der Waals surface area contributed by atoms with Crippen molar-refractivity contribution in [3.8, 4) is 0 Å². The summed E-state index contributed by atoms with van der Waals surface area (Å²) in [6, 6.07) is 3.15. The summed E-state index contributed by atoms with van der Waals surface area (Å²) in [4.78, 5) is 39.7. The third kappa shape index (κ3) is 3.18. The average molecular weight is 208 g/mol. The molecule has 1 aromatic heterocycles. The lowest BCUT2D eigenvalue weighted by atomic mass is 10.2. The first kappa shape index (κ1) is 10.8. The van der Waals surface area contributed by atoms with E-state index in [2.05, 4.69) is 9.82 Å². The molecule has 0 atom stereocenters. The second-order valence-corrected chi connectivity index (χ2v) is 2.55. The van der Waals surface area contributed by atoms with Gasteiger partial charge in [-0.05, 0) is 12.1 Å². The predicted molar refractivity (Wildman–Crippen MR) is 48.5 cm³/mol. The van der Waals surface area contributed by atoms with E-state index in [9.17, 15) is 14.4 Å². The molecule has 0 aliphatic heterocycles.